The van der Waals surface area contributed by atoms with Gasteiger partial charge in [0.2, 0.25) is 0 Å². The summed E-state index contributed by atoms with van der Waals surface area (Å²) in [7, 11) is 0. The monoisotopic (exact) mass is 385 g/mol. The number of hydrogen-bond donors (Lipinski definition) is 2. The summed E-state index contributed by atoms with van der Waals surface area (Å²) in [5, 5.41) is 12.6. The number of imidazole rings is 1. The molecular weight excluding hydrogens is 370 g/mol. The van der Waals surface area contributed by atoms with E-state index in [1.54, 1.807) is 24.7 Å². The highest BCUT2D eigenvalue weighted by Gasteiger charge is 2.11. The Bertz CT molecular complexity index is 830. The summed E-state index contributed by atoms with van der Waals surface area (Å²) in [4.78, 5) is 16.2. The van der Waals surface area contributed by atoms with Crippen molar-refractivity contribution in [3.05, 3.63) is 82.3 Å². The standard InChI is InChI=1S/C18H16BrN3O2/c19-15-5-6-17(23)16(9-15)18(24)21-10-13-1-3-14(4-2-13)11-22-8-7-20-12-22/h1-9,12,23H,10-11H2,(H,21,24). The molecule has 122 valence electrons. The molecule has 1 amide bonds. The molecule has 6 heteroatoms. The van der Waals surface area contributed by atoms with Crippen molar-refractivity contribution in [1.82, 2.24) is 14.9 Å². The van der Waals surface area contributed by atoms with Crippen molar-refractivity contribution in [2.24, 2.45) is 0 Å². The molecule has 1 aromatic heterocycles. The van der Waals surface area contributed by atoms with Crippen LogP contribution in [0, 0.1) is 0 Å². The average Bonchev–Trinajstić information content (AvgIpc) is 3.09. The molecule has 0 unspecified atom stereocenters. The van der Waals surface area contributed by atoms with Crippen molar-refractivity contribution < 1.29 is 9.90 Å². The van der Waals surface area contributed by atoms with E-state index in [9.17, 15) is 9.90 Å². The number of aromatic nitrogens is 2. The first kappa shape index (κ1) is 16.3. The van der Waals surface area contributed by atoms with Gasteiger partial charge >= 0.3 is 0 Å². The van der Waals surface area contributed by atoms with Gasteiger partial charge in [0.15, 0.2) is 0 Å². The number of hydrogen-bond acceptors (Lipinski definition) is 3. The highest BCUT2D eigenvalue weighted by molar-refractivity contribution is 9.10. The number of benzene rings is 2. The molecule has 3 rings (SSSR count). The highest BCUT2D eigenvalue weighted by Crippen LogP contribution is 2.21. The lowest BCUT2D eigenvalue weighted by Gasteiger charge is -2.08. The second kappa shape index (κ2) is 7.31. The summed E-state index contributed by atoms with van der Waals surface area (Å²) < 4.78 is 2.74. The third-order valence-corrected chi connectivity index (χ3v) is 4.10. The molecule has 0 aliphatic carbocycles. The topological polar surface area (TPSA) is 67.2 Å². The minimum absolute atomic E-state index is 0.0358. The van der Waals surface area contributed by atoms with Gasteiger partial charge < -0.3 is 15.0 Å². The van der Waals surface area contributed by atoms with Crippen molar-refractivity contribution in [1.29, 1.82) is 0 Å². The number of aromatic hydroxyl groups is 1. The summed E-state index contributed by atoms with van der Waals surface area (Å²) in [6.07, 6.45) is 5.44. The molecule has 0 radical (unpaired) electrons. The minimum atomic E-state index is -0.309. The van der Waals surface area contributed by atoms with Gasteiger partial charge in [-0.2, -0.15) is 0 Å². The number of phenolic OH excluding ortho intramolecular Hbond substituents is 1. The molecule has 0 atom stereocenters. The Balaban J connectivity index is 1.60. The van der Waals surface area contributed by atoms with Crippen LogP contribution in [0.5, 0.6) is 5.75 Å². The maximum Gasteiger partial charge on any atom is 0.255 e. The Morgan fingerprint density at radius 3 is 2.62 bits per heavy atom. The van der Waals surface area contributed by atoms with E-state index in [1.807, 2.05) is 35.0 Å². The first-order chi connectivity index (χ1) is 11.6. The second-order valence-electron chi connectivity index (χ2n) is 5.40. The van der Waals surface area contributed by atoms with Crippen molar-refractivity contribution in [3.8, 4) is 5.75 Å². The first-order valence-electron chi connectivity index (χ1n) is 7.42. The predicted octanol–water partition coefficient (Wildman–Crippen LogP) is 3.33. The van der Waals surface area contributed by atoms with Crippen molar-refractivity contribution in [3.63, 3.8) is 0 Å². The fourth-order valence-electron chi connectivity index (χ4n) is 2.32. The van der Waals surface area contributed by atoms with Crippen LogP contribution < -0.4 is 5.32 Å². The maximum atomic E-state index is 12.2. The lowest BCUT2D eigenvalue weighted by Crippen LogP contribution is -2.22. The molecule has 0 aliphatic rings. The van der Waals surface area contributed by atoms with Crippen LogP contribution in [-0.2, 0) is 13.1 Å². The second-order valence-corrected chi connectivity index (χ2v) is 6.31. The van der Waals surface area contributed by atoms with Gasteiger partial charge in [-0.05, 0) is 29.3 Å². The summed E-state index contributed by atoms with van der Waals surface area (Å²) in [6, 6.07) is 12.8. The van der Waals surface area contributed by atoms with Gasteiger partial charge in [0.25, 0.3) is 5.91 Å². The van der Waals surface area contributed by atoms with Gasteiger partial charge in [-0.1, -0.05) is 40.2 Å². The molecule has 2 aromatic carbocycles. The molecule has 0 spiro atoms. The molecule has 2 N–H and O–H groups in total. The Labute approximate surface area is 148 Å². The SMILES string of the molecule is O=C(NCc1ccc(Cn2ccnc2)cc1)c1cc(Br)ccc1O. The minimum Gasteiger partial charge on any atom is -0.507 e. The quantitative estimate of drug-likeness (QED) is 0.707. The number of nitrogens with zero attached hydrogens (tertiary/aromatic N) is 2. The van der Waals surface area contributed by atoms with E-state index in [0.29, 0.717) is 6.54 Å². The number of carbonyl (C=O) groups is 1. The summed E-state index contributed by atoms with van der Waals surface area (Å²) in [5.74, 6) is -0.345. The number of nitrogens with one attached hydrogen (secondary N) is 1. The highest BCUT2D eigenvalue weighted by atomic mass is 79.9. The molecular formula is C18H16BrN3O2. The Hall–Kier alpha value is -2.60. The fraction of sp³-hybridized carbons (Fsp3) is 0.111. The third kappa shape index (κ3) is 4.02. The smallest absolute Gasteiger partial charge is 0.255 e. The van der Waals surface area contributed by atoms with E-state index in [1.165, 1.54) is 6.07 Å². The number of rotatable bonds is 5. The molecule has 5 nitrogen and oxygen atoms in total. The van der Waals surface area contributed by atoms with Crippen LogP contribution in [0.15, 0.2) is 65.7 Å². The summed E-state index contributed by atoms with van der Waals surface area (Å²) >= 11 is 3.30. The van der Waals surface area contributed by atoms with Crippen LogP contribution in [0.25, 0.3) is 0 Å². The molecule has 0 bridgehead atoms. The van der Waals surface area contributed by atoms with E-state index in [-0.39, 0.29) is 17.2 Å². The van der Waals surface area contributed by atoms with Gasteiger partial charge in [0, 0.05) is 30.0 Å². The van der Waals surface area contributed by atoms with E-state index < -0.39 is 0 Å². The normalized spacial score (nSPS) is 10.5. The van der Waals surface area contributed by atoms with Gasteiger partial charge in [0.1, 0.15) is 5.75 Å². The number of halogens is 1. The lowest BCUT2D eigenvalue weighted by atomic mass is 10.1. The number of phenols is 1. The van der Waals surface area contributed by atoms with Gasteiger partial charge in [0.05, 0.1) is 11.9 Å². The summed E-state index contributed by atoms with van der Waals surface area (Å²) in [6.45, 7) is 1.16. The number of amides is 1. The lowest BCUT2D eigenvalue weighted by molar-refractivity contribution is 0.0948. The van der Waals surface area contributed by atoms with Gasteiger partial charge in [-0.25, -0.2) is 4.98 Å². The van der Waals surface area contributed by atoms with Crippen molar-refractivity contribution in [2.75, 3.05) is 0 Å². The van der Waals surface area contributed by atoms with E-state index >= 15 is 0 Å². The van der Waals surface area contributed by atoms with Crippen LogP contribution in [0.2, 0.25) is 0 Å². The zero-order valence-corrected chi connectivity index (χ0v) is 14.4. The fourth-order valence-corrected chi connectivity index (χ4v) is 2.68. The molecule has 3 aromatic rings. The van der Waals surface area contributed by atoms with E-state index in [4.69, 9.17) is 0 Å². The Morgan fingerprint density at radius 1 is 1.17 bits per heavy atom. The average molecular weight is 386 g/mol. The third-order valence-electron chi connectivity index (χ3n) is 3.60. The van der Waals surface area contributed by atoms with Crippen LogP contribution >= 0.6 is 15.9 Å². The summed E-state index contributed by atoms with van der Waals surface area (Å²) in [5.41, 5.74) is 2.40. The maximum absolute atomic E-state index is 12.2. The van der Waals surface area contributed by atoms with Crippen LogP contribution in [0.4, 0.5) is 0 Å². The van der Waals surface area contributed by atoms with Crippen molar-refractivity contribution in [2.45, 2.75) is 13.1 Å². The Kier molecular flexibility index (Phi) is 4.96. The first-order valence-corrected chi connectivity index (χ1v) is 8.21. The largest absolute Gasteiger partial charge is 0.507 e. The molecule has 0 aliphatic heterocycles. The zero-order chi connectivity index (χ0) is 16.9. The van der Waals surface area contributed by atoms with E-state index in [2.05, 4.69) is 26.2 Å². The van der Waals surface area contributed by atoms with Crippen LogP contribution in [0.3, 0.4) is 0 Å². The van der Waals surface area contributed by atoms with Gasteiger partial charge in [-0.15, -0.1) is 0 Å². The predicted molar refractivity (Wildman–Crippen MR) is 94.7 cm³/mol. The molecule has 0 saturated heterocycles. The number of carbonyl (C=O) groups excluding carboxylic acids is 1. The molecule has 1 heterocycles. The zero-order valence-electron chi connectivity index (χ0n) is 12.8. The van der Waals surface area contributed by atoms with Gasteiger partial charge in [-0.3, -0.25) is 4.79 Å². The molecule has 0 saturated carbocycles. The van der Waals surface area contributed by atoms with Crippen LogP contribution in [-0.4, -0.2) is 20.6 Å². The molecule has 0 fully saturated rings. The Morgan fingerprint density at radius 2 is 1.92 bits per heavy atom. The van der Waals surface area contributed by atoms with E-state index in [0.717, 1.165) is 22.1 Å². The van der Waals surface area contributed by atoms with Crippen LogP contribution in [0.1, 0.15) is 21.5 Å². The molecule has 24 heavy (non-hydrogen) atoms. The van der Waals surface area contributed by atoms with Crippen molar-refractivity contribution >= 4 is 21.8 Å².